The largest absolute Gasteiger partial charge is 0.444 e. The standard InChI is InChI=1S/C16H25N3O2/c1-15(2,3)21-14(20)19-8-6-16(11-19)10-17-13(16)12-5-7-18(4)9-12/h5,7,9,13,17H,6,8,10-11H2,1-4H3. The fraction of sp³-hybridized carbons (Fsp3) is 0.688. The van der Waals surface area contributed by atoms with Gasteiger partial charge in [-0.15, -0.1) is 0 Å². The Hall–Kier alpha value is -1.49. The van der Waals surface area contributed by atoms with Crippen LogP contribution in [0.25, 0.3) is 0 Å². The molecule has 5 heteroatoms. The molecule has 0 aromatic carbocycles. The lowest BCUT2D eigenvalue weighted by Gasteiger charge is -2.48. The zero-order chi connectivity index (χ0) is 15.3. The summed E-state index contributed by atoms with van der Waals surface area (Å²) < 4.78 is 7.56. The average Bonchev–Trinajstić information content (AvgIpc) is 2.94. The summed E-state index contributed by atoms with van der Waals surface area (Å²) in [7, 11) is 2.04. The van der Waals surface area contributed by atoms with Crippen molar-refractivity contribution < 1.29 is 9.53 Å². The molecule has 3 heterocycles. The van der Waals surface area contributed by atoms with Crippen LogP contribution in [0.5, 0.6) is 0 Å². The first kappa shape index (κ1) is 14.4. The molecule has 2 atom stereocenters. The van der Waals surface area contributed by atoms with Crippen molar-refractivity contribution in [3.05, 3.63) is 24.0 Å². The lowest BCUT2D eigenvalue weighted by atomic mass is 9.70. The van der Waals surface area contributed by atoms with E-state index in [0.29, 0.717) is 6.04 Å². The van der Waals surface area contributed by atoms with Gasteiger partial charge in [0.1, 0.15) is 5.60 Å². The van der Waals surface area contributed by atoms with Gasteiger partial charge < -0.3 is 19.5 Å². The summed E-state index contributed by atoms with van der Waals surface area (Å²) in [4.78, 5) is 14.1. The Morgan fingerprint density at radius 2 is 2.24 bits per heavy atom. The molecule has 2 aliphatic rings. The van der Waals surface area contributed by atoms with Crippen molar-refractivity contribution in [3.63, 3.8) is 0 Å². The van der Waals surface area contributed by atoms with E-state index in [0.717, 1.165) is 26.1 Å². The van der Waals surface area contributed by atoms with Gasteiger partial charge in [0, 0.05) is 50.5 Å². The topological polar surface area (TPSA) is 46.5 Å². The molecule has 0 aliphatic carbocycles. The number of hydrogen-bond donors (Lipinski definition) is 1. The predicted octanol–water partition coefficient (Wildman–Crippen LogP) is 2.30. The van der Waals surface area contributed by atoms with Crippen molar-refractivity contribution in [1.82, 2.24) is 14.8 Å². The Balaban J connectivity index is 1.67. The second kappa shape index (κ2) is 4.77. The van der Waals surface area contributed by atoms with Crippen LogP contribution in [0.3, 0.4) is 0 Å². The molecule has 0 radical (unpaired) electrons. The lowest BCUT2D eigenvalue weighted by molar-refractivity contribution is 0.0216. The molecule has 1 aromatic heterocycles. The molecular formula is C16H25N3O2. The number of carbonyl (C=O) groups is 1. The molecule has 5 nitrogen and oxygen atoms in total. The van der Waals surface area contributed by atoms with E-state index < -0.39 is 5.60 Å². The summed E-state index contributed by atoms with van der Waals surface area (Å²) in [5, 5.41) is 3.52. The van der Waals surface area contributed by atoms with Gasteiger partial charge in [-0.2, -0.15) is 0 Å². The quantitative estimate of drug-likeness (QED) is 0.863. The van der Waals surface area contributed by atoms with Crippen molar-refractivity contribution in [2.24, 2.45) is 12.5 Å². The van der Waals surface area contributed by atoms with Crippen LogP contribution in [0.4, 0.5) is 4.79 Å². The second-order valence-electron chi connectivity index (χ2n) is 7.44. The van der Waals surface area contributed by atoms with Gasteiger partial charge in [0.15, 0.2) is 0 Å². The van der Waals surface area contributed by atoms with Crippen LogP contribution in [0.1, 0.15) is 38.8 Å². The summed E-state index contributed by atoms with van der Waals surface area (Å²) in [5.41, 5.74) is 1.07. The van der Waals surface area contributed by atoms with Crippen LogP contribution in [0.2, 0.25) is 0 Å². The number of ether oxygens (including phenoxy) is 1. The Bertz CT molecular complexity index is 546. The summed E-state index contributed by atoms with van der Waals surface area (Å²) in [6.45, 7) is 8.29. The van der Waals surface area contributed by atoms with E-state index >= 15 is 0 Å². The summed E-state index contributed by atoms with van der Waals surface area (Å²) in [6.07, 6.45) is 5.09. The number of amides is 1. The number of nitrogens with one attached hydrogen (secondary N) is 1. The van der Waals surface area contributed by atoms with Gasteiger partial charge in [0.25, 0.3) is 0 Å². The van der Waals surface area contributed by atoms with Crippen LogP contribution < -0.4 is 5.32 Å². The van der Waals surface area contributed by atoms with Crippen molar-refractivity contribution in [3.8, 4) is 0 Å². The van der Waals surface area contributed by atoms with Gasteiger partial charge >= 0.3 is 6.09 Å². The molecule has 1 aromatic rings. The average molecular weight is 291 g/mol. The van der Waals surface area contributed by atoms with Crippen molar-refractivity contribution >= 4 is 6.09 Å². The second-order valence-corrected chi connectivity index (χ2v) is 7.44. The summed E-state index contributed by atoms with van der Waals surface area (Å²) in [6, 6.07) is 2.51. The Morgan fingerprint density at radius 1 is 1.48 bits per heavy atom. The SMILES string of the molecule is Cn1ccc(C2NCC23CCN(C(=O)OC(C)(C)C)C3)c1. The highest BCUT2D eigenvalue weighted by molar-refractivity contribution is 5.68. The number of likely N-dealkylation sites (tertiary alicyclic amines) is 1. The fourth-order valence-electron chi connectivity index (χ4n) is 3.42. The van der Waals surface area contributed by atoms with Gasteiger partial charge in [-0.25, -0.2) is 4.79 Å². The monoisotopic (exact) mass is 291 g/mol. The fourth-order valence-corrected chi connectivity index (χ4v) is 3.42. The van der Waals surface area contributed by atoms with Gasteiger partial charge in [-0.1, -0.05) is 0 Å². The Labute approximate surface area is 126 Å². The van der Waals surface area contributed by atoms with Crippen LogP contribution in [0.15, 0.2) is 18.5 Å². The molecule has 2 unspecified atom stereocenters. The maximum Gasteiger partial charge on any atom is 0.410 e. The zero-order valence-corrected chi connectivity index (χ0v) is 13.3. The van der Waals surface area contributed by atoms with E-state index in [1.807, 2.05) is 32.7 Å². The third-order valence-corrected chi connectivity index (χ3v) is 4.50. The first-order chi connectivity index (χ1) is 9.79. The molecule has 1 spiro atoms. The van der Waals surface area contributed by atoms with Crippen LogP contribution >= 0.6 is 0 Å². The molecule has 2 aliphatic heterocycles. The number of aromatic nitrogens is 1. The smallest absolute Gasteiger partial charge is 0.410 e. The maximum absolute atomic E-state index is 12.2. The summed E-state index contributed by atoms with van der Waals surface area (Å²) in [5.74, 6) is 0. The highest BCUT2D eigenvalue weighted by Crippen LogP contribution is 2.48. The van der Waals surface area contributed by atoms with Crippen molar-refractivity contribution in [2.45, 2.75) is 38.8 Å². The van der Waals surface area contributed by atoms with E-state index in [4.69, 9.17) is 4.74 Å². The molecule has 0 bridgehead atoms. The lowest BCUT2D eigenvalue weighted by Crippen LogP contribution is -2.57. The van der Waals surface area contributed by atoms with E-state index in [2.05, 4.69) is 28.3 Å². The first-order valence-electron chi connectivity index (χ1n) is 7.62. The number of aryl methyl sites for hydroxylation is 1. The van der Waals surface area contributed by atoms with Crippen LogP contribution in [0, 0.1) is 5.41 Å². The van der Waals surface area contributed by atoms with E-state index in [9.17, 15) is 4.79 Å². The van der Waals surface area contributed by atoms with E-state index in [-0.39, 0.29) is 11.5 Å². The molecular weight excluding hydrogens is 266 g/mol. The molecule has 2 saturated heterocycles. The normalized spacial score (nSPS) is 28.8. The first-order valence-corrected chi connectivity index (χ1v) is 7.62. The van der Waals surface area contributed by atoms with Crippen LogP contribution in [-0.2, 0) is 11.8 Å². The molecule has 1 N–H and O–H groups in total. The predicted molar refractivity (Wildman–Crippen MR) is 81.0 cm³/mol. The Kier molecular flexibility index (Phi) is 3.28. The third-order valence-electron chi connectivity index (χ3n) is 4.50. The zero-order valence-electron chi connectivity index (χ0n) is 13.3. The van der Waals surface area contributed by atoms with Crippen molar-refractivity contribution in [2.75, 3.05) is 19.6 Å². The van der Waals surface area contributed by atoms with Crippen molar-refractivity contribution in [1.29, 1.82) is 0 Å². The highest BCUT2D eigenvalue weighted by atomic mass is 16.6. The molecule has 3 rings (SSSR count). The molecule has 1 amide bonds. The van der Waals surface area contributed by atoms with Gasteiger partial charge in [0.05, 0.1) is 0 Å². The van der Waals surface area contributed by atoms with E-state index in [1.54, 1.807) is 0 Å². The molecule has 2 fully saturated rings. The van der Waals surface area contributed by atoms with Crippen LogP contribution in [-0.4, -0.2) is 40.8 Å². The number of rotatable bonds is 1. The number of hydrogen-bond acceptors (Lipinski definition) is 3. The molecule has 116 valence electrons. The summed E-state index contributed by atoms with van der Waals surface area (Å²) >= 11 is 0. The van der Waals surface area contributed by atoms with Gasteiger partial charge in [-0.05, 0) is 38.8 Å². The minimum absolute atomic E-state index is 0.179. The maximum atomic E-state index is 12.2. The highest BCUT2D eigenvalue weighted by Gasteiger charge is 2.52. The Morgan fingerprint density at radius 3 is 2.76 bits per heavy atom. The minimum atomic E-state index is -0.427. The molecule has 21 heavy (non-hydrogen) atoms. The minimum Gasteiger partial charge on any atom is -0.444 e. The number of nitrogens with zero attached hydrogens (tertiary/aromatic N) is 2. The van der Waals surface area contributed by atoms with E-state index in [1.165, 1.54) is 5.56 Å². The third kappa shape index (κ3) is 2.67. The van der Waals surface area contributed by atoms with Gasteiger partial charge in [-0.3, -0.25) is 0 Å². The number of carbonyl (C=O) groups excluding carboxylic acids is 1. The molecule has 0 saturated carbocycles. The van der Waals surface area contributed by atoms with Gasteiger partial charge in [0.2, 0.25) is 0 Å².